The van der Waals surface area contributed by atoms with Crippen LogP contribution in [-0.4, -0.2) is 28.1 Å². The number of amides is 1. The molecule has 7 heteroatoms. The highest BCUT2D eigenvalue weighted by Gasteiger charge is 2.27. The minimum Gasteiger partial charge on any atom is -0.352 e. The molecule has 0 radical (unpaired) electrons. The highest BCUT2D eigenvalue weighted by molar-refractivity contribution is 5.85. The Morgan fingerprint density at radius 3 is 2.53 bits per heavy atom. The fourth-order valence-electron chi connectivity index (χ4n) is 2.30. The first kappa shape index (κ1) is 15.9. The third-order valence-electron chi connectivity index (χ3n) is 3.38. The SMILES string of the molecule is Cc1noc(C2CCC(NC(=O)[C@@H](C)N)CC2)n1.Cl. The predicted octanol–water partition coefficient (Wildman–Crippen LogP) is 1.29. The third kappa shape index (κ3) is 4.18. The molecule has 0 saturated heterocycles. The van der Waals surface area contributed by atoms with Crippen molar-refractivity contribution in [1.82, 2.24) is 15.5 Å². The Hall–Kier alpha value is -1.14. The second-order valence-electron chi connectivity index (χ2n) is 5.03. The first-order chi connectivity index (χ1) is 8.56. The number of halogens is 1. The molecular weight excluding hydrogens is 268 g/mol. The molecule has 1 aromatic heterocycles. The molecule has 0 bridgehead atoms. The third-order valence-corrected chi connectivity index (χ3v) is 3.38. The molecule has 1 atom stereocenters. The van der Waals surface area contributed by atoms with E-state index in [1.807, 2.05) is 6.92 Å². The topological polar surface area (TPSA) is 94.0 Å². The van der Waals surface area contributed by atoms with Gasteiger partial charge >= 0.3 is 0 Å². The highest BCUT2D eigenvalue weighted by Crippen LogP contribution is 2.31. The summed E-state index contributed by atoms with van der Waals surface area (Å²) in [6.07, 6.45) is 3.80. The summed E-state index contributed by atoms with van der Waals surface area (Å²) in [4.78, 5) is 15.8. The number of nitrogens with zero attached hydrogens (tertiary/aromatic N) is 2. The number of rotatable bonds is 3. The lowest BCUT2D eigenvalue weighted by atomic mass is 9.86. The van der Waals surface area contributed by atoms with Crippen LogP contribution in [0.15, 0.2) is 4.52 Å². The van der Waals surface area contributed by atoms with Crippen molar-refractivity contribution < 1.29 is 9.32 Å². The zero-order valence-corrected chi connectivity index (χ0v) is 12.1. The van der Waals surface area contributed by atoms with Crippen LogP contribution >= 0.6 is 12.4 Å². The van der Waals surface area contributed by atoms with Gasteiger partial charge in [0.15, 0.2) is 5.82 Å². The summed E-state index contributed by atoms with van der Waals surface area (Å²) < 4.78 is 5.19. The summed E-state index contributed by atoms with van der Waals surface area (Å²) in [5, 5.41) is 6.77. The van der Waals surface area contributed by atoms with Gasteiger partial charge in [-0.1, -0.05) is 5.16 Å². The molecule has 1 fully saturated rings. The Kier molecular flexibility index (Phi) is 5.75. The van der Waals surface area contributed by atoms with Crippen LogP contribution < -0.4 is 11.1 Å². The molecule has 1 saturated carbocycles. The van der Waals surface area contributed by atoms with Gasteiger partial charge in [-0.25, -0.2) is 0 Å². The quantitative estimate of drug-likeness (QED) is 0.874. The molecule has 1 aliphatic carbocycles. The Morgan fingerprint density at radius 1 is 1.42 bits per heavy atom. The van der Waals surface area contributed by atoms with Gasteiger partial charge < -0.3 is 15.6 Å². The van der Waals surface area contributed by atoms with Crippen molar-refractivity contribution >= 4 is 18.3 Å². The van der Waals surface area contributed by atoms with Crippen molar-refractivity contribution in [2.75, 3.05) is 0 Å². The first-order valence-corrected chi connectivity index (χ1v) is 6.42. The van der Waals surface area contributed by atoms with E-state index < -0.39 is 6.04 Å². The number of aromatic nitrogens is 2. The van der Waals surface area contributed by atoms with Gasteiger partial charge in [0, 0.05) is 12.0 Å². The molecule has 1 aromatic rings. The van der Waals surface area contributed by atoms with E-state index in [1.54, 1.807) is 6.92 Å². The van der Waals surface area contributed by atoms with Crippen LogP contribution in [0.3, 0.4) is 0 Å². The molecule has 6 nitrogen and oxygen atoms in total. The Labute approximate surface area is 118 Å². The second kappa shape index (κ2) is 6.86. The molecular formula is C12H21ClN4O2. The molecule has 19 heavy (non-hydrogen) atoms. The number of carbonyl (C=O) groups is 1. The fraction of sp³-hybridized carbons (Fsp3) is 0.750. The molecule has 1 amide bonds. The predicted molar refractivity (Wildman–Crippen MR) is 73.1 cm³/mol. The minimum absolute atomic E-state index is 0. The summed E-state index contributed by atoms with van der Waals surface area (Å²) in [5.41, 5.74) is 5.53. The smallest absolute Gasteiger partial charge is 0.236 e. The Morgan fingerprint density at radius 2 is 2.05 bits per heavy atom. The van der Waals surface area contributed by atoms with Crippen molar-refractivity contribution in [2.45, 2.75) is 57.5 Å². The van der Waals surface area contributed by atoms with Gasteiger partial charge in [-0.15, -0.1) is 12.4 Å². The highest BCUT2D eigenvalue weighted by atomic mass is 35.5. The lowest BCUT2D eigenvalue weighted by molar-refractivity contribution is -0.122. The van der Waals surface area contributed by atoms with Crippen LogP contribution in [0.5, 0.6) is 0 Å². The van der Waals surface area contributed by atoms with E-state index in [1.165, 1.54) is 0 Å². The van der Waals surface area contributed by atoms with Crippen molar-refractivity contribution in [3.8, 4) is 0 Å². The minimum atomic E-state index is -0.443. The second-order valence-corrected chi connectivity index (χ2v) is 5.03. The van der Waals surface area contributed by atoms with Gasteiger partial charge in [-0.3, -0.25) is 4.79 Å². The molecule has 0 aromatic carbocycles. The number of hydrogen-bond acceptors (Lipinski definition) is 5. The van der Waals surface area contributed by atoms with E-state index in [9.17, 15) is 4.79 Å². The maximum Gasteiger partial charge on any atom is 0.236 e. The maximum atomic E-state index is 11.5. The fourth-order valence-corrected chi connectivity index (χ4v) is 2.30. The lowest BCUT2D eigenvalue weighted by Crippen LogP contribution is -2.45. The molecule has 0 spiro atoms. The van der Waals surface area contributed by atoms with E-state index in [0.29, 0.717) is 11.7 Å². The van der Waals surface area contributed by atoms with E-state index in [0.717, 1.165) is 31.6 Å². The summed E-state index contributed by atoms with van der Waals surface area (Å²) in [6, 6.07) is -0.218. The van der Waals surface area contributed by atoms with Crippen LogP contribution in [0.2, 0.25) is 0 Å². The van der Waals surface area contributed by atoms with Gasteiger partial charge in [0.1, 0.15) is 0 Å². The van der Waals surface area contributed by atoms with E-state index in [-0.39, 0.29) is 24.4 Å². The molecule has 1 aliphatic rings. The average molecular weight is 289 g/mol. The van der Waals surface area contributed by atoms with Gasteiger partial charge in [0.25, 0.3) is 0 Å². The molecule has 108 valence electrons. The standard InChI is InChI=1S/C12H20N4O2.ClH/c1-7(13)11(17)15-10-5-3-9(4-6-10)12-14-8(2)16-18-12;/h7,9-10H,3-6,13H2,1-2H3,(H,15,17);1H/t7-,9?,10?;/m1./s1. The molecule has 0 unspecified atom stereocenters. The van der Waals surface area contributed by atoms with E-state index in [4.69, 9.17) is 10.3 Å². The molecule has 0 aliphatic heterocycles. The number of nitrogens with two attached hydrogens (primary N) is 1. The summed E-state index contributed by atoms with van der Waals surface area (Å²) >= 11 is 0. The van der Waals surface area contributed by atoms with Crippen LogP contribution in [0.4, 0.5) is 0 Å². The summed E-state index contributed by atoms with van der Waals surface area (Å²) in [7, 11) is 0. The van der Waals surface area contributed by atoms with Crippen molar-refractivity contribution in [3.05, 3.63) is 11.7 Å². The van der Waals surface area contributed by atoms with Gasteiger partial charge in [0.2, 0.25) is 11.8 Å². The van der Waals surface area contributed by atoms with Crippen molar-refractivity contribution in [2.24, 2.45) is 5.73 Å². The van der Waals surface area contributed by atoms with E-state index >= 15 is 0 Å². The van der Waals surface area contributed by atoms with Gasteiger partial charge in [0.05, 0.1) is 6.04 Å². The summed E-state index contributed by atoms with van der Waals surface area (Å²) in [6.45, 7) is 3.52. The maximum absolute atomic E-state index is 11.5. The van der Waals surface area contributed by atoms with Crippen LogP contribution in [-0.2, 0) is 4.79 Å². The monoisotopic (exact) mass is 288 g/mol. The molecule has 2 rings (SSSR count). The van der Waals surface area contributed by atoms with Crippen LogP contribution in [0.1, 0.15) is 50.2 Å². The van der Waals surface area contributed by atoms with Gasteiger partial charge in [-0.05, 0) is 39.5 Å². The first-order valence-electron chi connectivity index (χ1n) is 6.42. The largest absolute Gasteiger partial charge is 0.352 e. The number of aryl methyl sites for hydroxylation is 1. The van der Waals surface area contributed by atoms with Gasteiger partial charge in [-0.2, -0.15) is 4.98 Å². The van der Waals surface area contributed by atoms with Crippen LogP contribution in [0.25, 0.3) is 0 Å². The molecule has 3 N–H and O–H groups in total. The van der Waals surface area contributed by atoms with Crippen molar-refractivity contribution in [1.29, 1.82) is 0 Å². The Bertz CT molecular complexity index is 414. The normalized spacial score (nSPS) is 24.4. The lowest BCUT2D eigenvalue weighted by Gasteiger charge is -2.27. The Balaban J connectivity index is 0.00000180. The zero-order chi connectivity index (χ0) is 13.1. The van der Waals surface area contributed by atoms with Crippen molar-refractivity contribution in [3.63, 3.8) is 0 Å². The molecule has 1 heterocycles. The zero-order valence-electron chi connectivity index (χ0n) is 11.3. The van der Waals surface area contributed by atoms with Crippen LogP contribution in [0, 0.1) is 6.92 Å². The number of hydrogen-bond donors (Lipinski definition) is 2. The van der Waals surface area contributed by atoms with E-state index in [2.05, 4.69) is 15.5 Å². The number of nitrogens with one attached hydrogen (secondary N) is 1. The summed E-state index contributed by atoms with van der Waals surface area (Å²) in [5.74, 6) is 1.66. The number of carbonyl (C=O) groups excluding carboxylic acids is 1. The average Bonchev–Trinajstić information content (AvgIpc) is 2.76.